The predicted octanol–water partition coefficient (Wildman–Crippen LogP) is 3.49. The van der Waals surface area contributed by atoms with E-state index >= 15 is 0 Å². The van der Waals surface area contributed by atoms with Crippen molar-refractivity contribution in [1.29, 1.82) is 5.41 Å². The van der Waals surface area contributed by atoms with Crippen LogP contribution >= 0.6 is 23.5 Å². The van der Waals surface area contributed by atoms with E-state index in [-0.39, 0.29) is 21.0 Å². The molecule has 0 bridgehead atoms. The lowest BCUT2D eigenvalue weighted by molar-refractivity contribution is -0.114. The van der Waals surface area contributed by atoms with Crippen molar-refractivity contribution in [1.82, 2.24) is 5.01 Å². The van der Waals surface area contributed by atoms with Crippen molar-refractivity contribution in [3.05, 3.63) is 59.7 Å². The summed E-state index contributed by atoms with van der Waals surface area (Å²) in [7, 11) is -2.07. The Bertz CT molecular complexity index is 1340. The summed E-state index contributed by atoms with van der Waals surface area (Å²) in [5, 5.41) is 13.4. The minimum absolute atomic E-state index is 0.0159. The molecule has 2 aliphatic rings. The van der Waals surface area contributed by atoms with E-state index in [1.165, 1.54) is 13.2 Å². The molecule has 4 rings (SSSR count). The Kier molecular flexibility index (Phi) is 7.10. The second kappa shape index (κ2) is 10.0. The molecule has 34 heavy (non-hydrogen) atoms. The van der Waals surface area contributed by atoms with Gasteiger partial charge in [-0.25, -0.2) is 8.42 Å². The standard InChI is InChI=1S/C22H20N4O5S3/c1-30-18-13-14(8-9-17(18)31-10-11-32-15-6-4-3-5-7-15)12-16-19(23)26-21(24-20(16)27)33-22(25-26)34(2,28)29/h3-9,12-13,23H,10-11H2,1-2H3/b16-12-,23-19?. The molecule has 0 saturated heterocycles. The molecule has 12 heteroatoms. The maximum atomic E-state index is 12.5. The number of nitrogens with one attached hydrogen (secondary N) is 1. The molecule has 0 atom stereocenters. The van der Waals surface area contributed by atoms with Crippen LogP contribution in [0.2, 0.25) is 0 Å². The van der Waals surface area contributed by atoms with Gasteiger partial charge in [0.25, 0.3) is 5.91 Å². The van der Waals surface area contributed by atoms with Crippen LogP contribution in [0.4, 0.5) is 0 Å². The molecule has 0 spiro atoms. The lowest BCUT2D eigenvalue weighted by atomic mass is 10.1. The smallest absolute Gasteiger partial charge is 0.283 e. The highest BCUT2D eigenvalue weighted by Crippen LogP contribution is 2.32. The third-order valence-electron chi connectivity index (χ3n) is 4.60. The van der Waals surface area contributed by atoms with Gasteiger partial charge >= 0.3 is 0 Å². The van der Waals surface area contributed by atoms with Crippen molar-refractivity contribution < 1.29 is 22.7 Å². The van der Waals surface area contributed by atoms with Crippen LogP contribution in [-0.2, 0) is 14.6 Å². The van der Waals surface area contributed by atoms with Gasteiger partial charge in [0.2, 0.25) is 19.4 Å². The highest BCUT2D eigenvalue weighted by atomic mass is 32.3. The fourth-order valence-corrected chi connectivity index (χ4v) is 5.45. The molecule has 0 radical (unpaired) electrons. The number of methoxy groups -OCH3 is 1. The number of ether oxygens (including phenoxy) is 2. The van der Waals surface area contributed by atoms with Crippen LogP contribution in [0.25, 0.3) is 6.08 Å². The van der Waals surface area contributed by atoms with Crippen LogP contribution in [0.5, 0.6) is 11.5 Å². The largest absolute Gasteiger partial charge is 0.493 e. The molecule has 2 aromatic carbocycles. The van der Waals surface area contributed by atoms with Crippen molar-refractivity contribution in [3.8, 4) is 11.5 Å². The average Bonchev–Trinajstić information content (AvgIpc) is 3.25. The molecule has 2 heterocycles. The summed E-state index contributed by atoms with van der Waals surface area (Å²) >= 11 is 2.43. The first-order valence-corrected chi connectivity index (χ1v) is 13.6. The summed E-state index contributed by atoms with van der Waals surface area (Å²) in [6.07, 6.45) is 2.50. The van der Waals surface area contributed by atoms with Crippen LogP contribution in [-0.4, -0.2) is 60.4 Å². The van der Waals surface area contributed by atoms with E-state index in [9.17, 15) is 13.2 Å². The lowest BCUT2D eigenvalue weighted by Gasteiger charge is -2.20. The van der Waals surface area contributed by atoms with Crippen molar-refractivity contribution >= 4 is 60.7 Å². The first-order chi connectivity index (χ1) is 16.3. The number of hydrazone groups is 1. The van der Waals surface area contributed by atoms with Gasteiger partial charge < -0.3 is 9.47 Å². The highest BCUT2D eigenvalue weighted by Gasteiger charge is 2.38. The number of sulfone groups is 1. The number of carbonyl (C=O) groups is 1. The van der Waals surface area contributed by atoms with Gasteiger partial charge in [-0.05, 0) is 47.7 Å². The number of rotatable bonds is 7. The van der Waals surface area contributed by atoms with Crippen molar-refractivity contribution in [2.75, 3.05) is 25.7 Å². The van der Waals surface area contributed by atoms with Crippen LogP contribution in [0.3, 0.4) is 0 Å². The van der Waals surface area contributed by atoms with Gasteiger partial charge in [0.1, 0.15) is 0 Å². The lowest BCUT2D eigenvalue weighted by Crippen LogP contribution is -2.35. The number of benzene rings is 2. The van der Waals surface area contributed by atoms with Crippen LogP contribution in [0.15, 0.2) is 69.1 Å². The number of nitrogens with zero attached hydrogens (tertiary/aromatic N) is 3. The summed E-state index contributed by atoms with van der Waals surface area (Å²) in [5.74, 6) is 0.896. The van der Waals surface area contributed by atoms with Gasteiger partial charge in [-0.1, -0.05) is 24.3 Å². The highest BCUT2D eigenvalue weighted by molar-refractivity contribution is 8.42. The van der Waals surface area contributed by atoms with Crippen molar-refractivity contribution in [3.63, 3.8) is 0 Å². The summed E-state index contributed by atoms with van der Waals surface area (Å²) in [5.41, 5.74) is 0.576. The molecule has 2 aromatic rings. The van der Waals surface area contributed by atoms with E-state index < -0.39 is 15.7 Å². The minimum Gasteiger partial charge on any atom is -0.493 e. The van der Waals surface area contributed by atoms with E-state index in [1.54, 1.807) is 30.0 Å². The first kappa shape index (κ1) is 24.0. The number of fused-ring (bicyclic) bond motifs is 1. The number of aliphatic imine (C=N–C) groups is 1. The monoisotopic (exact) mass is 516 g/mol. The molecule has 9 nitrogen and oxygen atoms in total. The van der Waals surface area contributed by atoms with Crippen molar-refractivity contribution in [2.24, 2.45) is 10.1 Å². The zero-order valence-corrected chi connectivity index (χ0v) is 20.7. The number of amides is 1. The SMILES string of the molecule is COc1cc(/C=C2/C(=N)N3N=C(S(C)(=O)=O)SC3=NC2=O)ccc1OCCSc1ccccc1. The van der Waals surface area contributed by atoms with E-state index in [0.717, 1.165) is 33.7 Å². The summed E-state index contributed by atoms with van der Waals surface area (Å²) < 4.78 is 34.6. The van der Waals surface area contributed by atoms with E-state index in [4.69, 9.17) is 14.9 Å². The number of thioether (sulfide) groups is 2. The summed E-state index contributed by atoms with van der Waals surface area (Å²) in [6.45, 7) is 0.476. The fraction of sp³-hybridized carbons (Fsp3) is 0.182. The molecule has 0 unspecified atom stereocenters. The van der Waals surface area contributed by atoms with E-state index in [2.05, 4.69) is 10.1 Å². The molecule has 1 N–H and O–H groups in total. The molecule has 0 fully saturated rings. The second-order valence-electron chi connectivity index (χ2n) is 7.08. The maximum absolute atomic E-state index is 12.5. The molecule has 0 aromatic heterocycles. The quantitative estimate of drug-likeness (QED) is 0.337. The van der Waals surface area contributed by atoms with Gasteiger partial charge in [-0.15, -0.1) is 16.9 Å². The predicted molar refractivity (Wildman–Crippen MR) is 136 cm³/mol. The Morgan fingerprint density at radius 3 is 2.65 bits per heavy atom. The second-order valence-corrected chi connectivity index (χ2v) is 11.4. The van der Waals surface area contributed by atoms with Gasteiger partial charge in [0.15, 0.2) is 17.3 Å². The third kappa shape index (κ3) is 5.34. The van der Waals surface area contributed by atoms with E-state index in [0.29, 0.717) is 23.7 Å². The number of amidine groups is 2. The van der Waals surface area contributed by atoms with Gasteiger partial charge in [0, 0.05) is 16.9 Å². The fourth-order valence-electron chi connectivity index (χ4n) is 3.01. The Hall–Kier alpha value is -3.09. The van der Waals surface area contributed by atoms with Crippen molar-refractivity contribution in [2.45, 2.75) is 4.90 Å². The van der Waals surface area contributed by atoms with Gasteiger partial charge in [0.05, 0.1) is 19.3 Å². The summed E-state index contributed by atoms with van der Waals surface area (Å²) in [6, 6.07) is 15.2. The minimum atomic E-state index is -3.59. The Morgan fingerprint density at radius 1 is 1.18 bits per heavy atom. The topological polar surface area (TPSA) is 121 Å². The summed E-state index contributed by atoms with van der Waals surface area (Å²) in [4.78, 5) is 17.6. The average molecular weight is 517 g/mol. The Morgan fingerprint density at radius 2 is 1.94 bits per heavy atom. The maximum Gasteiger partial charge on any atom is 0.283 e. The van der Waals surface area contributed by atoms with E-state index in [1.807, 2.05) is 30.3 Å². The molecule has 176 valence electrons. The van der Waals surface area contributed by atoms with Crippen LogP contribution in [0.1, 0.15) is 5.56 Å². The van der Waals surface area contributed by atoms with Crippen LogP contribution < -0.4 is 9.47 Å². The number of carbonyl (C=O) groups excluding carboxylic acids is 1. The number of hydrogen-bond acceptors (Lipinski definition) is 9. The normalized spacial score (nSPS) is 16.9. The first-order valence-electron chi connectivity index (χ1n) is 9.95. The molecule has 2 aliphatic heterocycles. The van der Waals surface area contributed by atoms with Crippen LogP contribution in [0, 0.1) is 5.41 Å². The molecule has 0 aliphatic carbocycles. The Balaban J connectivity index is 1.48. The third-order valence-corrected chi connectivity index (χ3v) is 8.16. The van der Waals surface area contributed by atoms with Gasteiger partial charge in [-0.2, -0.15) is 10.0 Å². The zero-order valence-electron chi connectivity index (χ0n) is 18.2. The zero-order chi connectivity index (χ0) is 24.3. The molecule has 0 saturated carbocycles. The molecule has 1 amide bonds. The number of hydrogen-bond donors (Lipinski definition) is 1. The van der Waals surface area contributed by atoms with Gasteiger partial charge in [-0.3, -0.25) is 10.2 Å². The molecular weight excluding hydrogens is 496 g/mol. The Labute approximate surface area is 205 Å². The molecular formula is C22H20N4O5S3.